The number of aliphatic carboxylic acids is 1. The van der Waals surface area contributed by atoms with Gasteiger partial charge in [-0.3, -0.25) is 4.90 Å². The molecule has 2 atom stereocenters. The number of likely N-dealkylation sites (N-methyl/N-ethyl adjacent to an activating group) is 1. The molecule has 1 N–H and O–H groups in total. The van der Waals surface area contributed by atoms with Gasteiger partial charge in [0, 0.05) is 7.05 Å². The molecule has 0 heterocycles. The number of rotatable bonds is 7. The summed E-state index contributed by atoms with van der Waals surface area (Å²) in [7, 11) is 1.47. The average Bonchev–Trinajstić information content (AvgIpc) is 2.45. The van der Waals surface area contributed by atoms with Crippen LogP contribution in [0.15, 0.2) is 30.3 Å². The summed E-state index contributed by atoms with van der Waals surface area (Å²) >= 11 is 0. The molecule has 0 saturated carbocycles. The van der Waals surface area contributed by atoms with Crippen LogP contribution in [0.4, 0.5) is 4.79 Å². The monoisotopic (exact) mass is 293 g/mol. The minimum Gasteiger partial charge on any atom is -0.480 e. The van der Waals surface area contributed by atoms with E-state index < -0.39 is 18.1 Å². The lowest BCUT2D eigenvalue weighted by molar-refractivity contribution is -0.144. The van der Waals surface area contributed by atoms with Gasteiger partial charge >= 0.3 is 12.1 Å². The van der Waals surface area contributed by atoms with Crippen molar-refractivity contribution in [3.8, 4) is 0 Å². The van der Waals surface area contributed by atoms with Gasteiger partial charge in [0.1, 0.15) is 12.6 Å². The number of carbonyl (C=O) groups is 2. The van der Waals surface area contributed by atoms with Crippen LogP contribution in [0.5, 0.6) is 0 Å². The zero-order valence-corrected chi connectivity index (χ0v) is 12.8. The number of ether oxygens (including phenoxy) is 1. The van der Waals surface area contributed by atoms with E-state index in [0.29, 0.717) is 0 Å². The van der Waals surface area contributed by atoms with E-state index in [-0.39, 0.29) is 12.5 Å². The average molecular weight is 293 g/mol. The van der Waals surface area contributed by atoms with Crippen LogP contribution in [0.2, 0.25) is 0 Å². The first-order valence-corrected chi connectivity index (χ1v) is 7.13. The van der Waals surface area contributed by atoms with Crippen molar-refractivity contribution in [2.45, 2.75) is 39.3 Å². The highest BCUT2D eigenvalue weighted by Gasteiger charge is 2.32. The second-order valence-electron chi connectivity index (χ2n) is 5.20. The van der Waals surface area contributed by atoms with Crippen LogP contribution >= 0.6 is 0 Å². The van der Waals surface area contributed by atoms with E-state index in [2.05, 4.69) is 0 Å². The van der Waals surface area contributed by atoms with E-state index in [4.69, 9.17) is 4.74 Å². The van der Waals surface area contributed by atoms with Gasteiger partial charge in [0.15, 0.2) is 0 Å². The van der Waals surface area contributed by atoms with Crippen molar-refractivity contribution >= 4 is 12.1 Å². The second kappa shape index (κ2) is 8.29. The Morgan fingerprint density at radius 1 is 1.29 bits per heavy atom. The summed E-state index contributed by atoms with van der Waals surface area (Å²) in [6, 6.07) is 8.42. The van der Waals surface area contributed by atoms with Gasteiger partial charge in [-0.05, 0) is 17.9 Å². The number of hydrogen-bond donors (Lipinski definition) is 1. The molecular weight excluding hydrogens is 270 g/mol. The number of hydrogen-bond acceptors (Lipinski definition) is 3. The lowest BCUT2D eigenvalue weighted by Crippen LogP contribution is -2.46. The largest absolute Gasteiger partial charge is 0.480 e. The van der Waals surface area contributed by atoms with Crippen LogP contribution in [0.3, 0.4) is 0 Å². The fraction of sp³-hybridized carbons (Fsp3) is 0.500. The fourth-order valence-electron chi connectivity index (χ4n) is 2.34. The van der Waals surface area contributed by atoms with Crippen molar-refractivity contribution in [2.75, 3.05) is 7.05 Å². The zero-order chi connectivity index (χ0) is 15.8. The van der Waals surface area contributed by atoms with Crippen LogP contribution in [0, 0.1) is 5.92 Å². The molecular formula is C16H23NO4. The van der Waals surface area contributed by atoms with Crippen molar-refractivity contribution in [1.82, 2.24) is 4.90 Å². The second-order valence-corrected chi connectivity index (χ2v) is 5.20. The molecule has 1 rings (SSSR count). The van der Waals surface area contributed by atoms with Gasteiger partial charge in [0.05, 0.1) is 0 Å². The van der Waals surface area contributed by atoms with E-state index in [9.17, 15) is 14.7 Å². The summed E-state index contributed by atoms with van der Waals surface area (Å²) in [4.78, 5) is 24.6. The Balaban J connectivity index is 2.63. The summed E-state index contributed by atoms with van der Waals surface area (Å²) < 4.78 is 5.17. The Hall–Kier alpha value is -2.04. The fourth-order valence-corrected chi connectivity index (χ4v) is 2.34. The van der Waals surface area contributed by atoms with Crippen molar-refractivity contribution in [3.05, 3.63) is 35.9 Å². The van der Waals surface area contributed by atoms with E-state index in [1.807, 2.05) is 44.2 Å². The molecule has 0 spiro atoms. The van der Waals surface area contributed by atoms with E-state index in [1.165, 1.54) is 11.9 Å². The first kappa shape index (κ1) is 17.0. The smallest absolute Gasteiger partial charge is 0.410 e. The molecule has 0 aliphatic rings. The first-order chi connectivity index (χ1) is 9.97. The summed E-state index contributed by atoms with van der Waals surface area (Å²) in [5.41, 5.74) is 0.868. The Kier molecular flexibility index (Phi) is 6.72. The predicted molar refractivity (Wildman–Crippen MR) is 79.9 cm³/mol. The maximum absolute atomic E-state index is 12.0. The van der Waals surface area contributed by atoms with Crippen molar-refractivity contribution in [3.63, 3.8) is 0 Å². The number of benzene rings is 1. The van der Waals surface area contributed by atoms with Gasteiger partial charge in [-0.2, -0.15) is 0 Å². The molecule has 0 aromatic heterocycles. The number of carboxylic acid groups (broad SMARTS) is 1. The third-order valence-corrected chi connectivity index (χ3v) is 3.45. The van der Waals surface area contributed by atoms with Gasteiger partial charge < -0.3 is 9.84 Å². The van der Waals surface area contributed by atoms with Crippen molar-refractivity contribution < 1.29 is 19.4 Å². The van der Waals surface area contributed by atoms with Crippen LogP contribution in [-0.4, -0.2) is 35.2 Å². The Morgan fingerprint density at radius 3 is 2.43 bits per heavy atom. The third-order valence-electron chi connectivity index (χ3n) is 3.45. The van der Waals surface area contributed by atoms with E-state index in [1.54, 1.807) is 0 Å². The molecule has 0 aliphatic heterocycles. The van der Waals surface area contributed by atoms with Crippen LogP contribution < -0.4 is 0 Å². The maximum Gasteiger partial charge on any atom is 0.410 e. The topological polar surface area (TPSA) is 66.8 Å². The molecule has 0 bridgehead atoms. The lowest BCUT2D eigenvalue weighted by atomic mass is 9.96. The number of amides is 1. The van der Waals surface area contributed by atoms with Crippen LogP contribution in [0.25, 0.3) is 0 Å². The molecule has 0 saturated heterocycles. The summed E-state index contributed by atoms with van der Waals surface area (Å²) in [6.07, 6.45) is 1.000. The number of carbonyl (C=O) groups excluding carboxylic acids is 1. The quantitative estimate of drug-likeness (QED) is 0.838. The number of carboxylic acids is 1. The van der Waals surface area contributed by atoms with Gasteiger partial charge in [-0.1, -0.05) is 50.6 Å². The summed E-state index contributed by atoms with van der Waals surface area (Å²) in [5.74, 6) is -1.13. The Bertz CT molecular complexity index is 461. The number of nitrogens with zero attached hydrogens (tertiary/aromatic N) is 1. The summed E-state index contributed by atoms with van der Waals surface area (Å²) in [5, 5.41) is 9.33. The van der Waals surface area contributed by atoms with Crippen LogP contribution in [0.1, 0.15) is 32.3 Å². The highest BCUT2D eigenvalue weighted by Crippen LogP contribution is 2.17. The van der Waals surface area contributed by atoms with Gasteiger partial charge in [0.2, 0.25) is 0 Å². The van der Waals surface area contributed by atoms with Gasteiger partial charge in [-0.15, -0.1) is 0 Å². The normalized spacial score (nSPS) is 13.3. The highest BCUT2D eigenvalue weighted by molar-refractivity contribution is 5.80. The molecule has 1 aromatic rings. The molecule has 116 valence electrons. The van der Waals surface area contributed by atoms with E-state index in [0.717, 1.165) is 18.4 Å². The minimum atomic E-state index is -1.00. The molecule has 21 heavy (non-hydrogen) atoms. The standard InChI is InChI=1S/C16H23NO4/c1-4-8-12(2)14(15(18)19)17(3)16(20)21-11-13-9-6-5-7-10-13/h5-7,9-10,12,14H,4,8,11H2,1-3H3,(H,18,19). The predicted octanol–water partition coefficient (Wildman–Crippen LogP) is 3.14. The maximum atomic E-state index is 12.0. The Labute approximate surface area is 125 Å². The lowest BCUT2D eigenvalue weighted by Gasteiger charge is -2.28. The molecule has 0 aliphatic carbocycles. The van der Waals surface area contributed by atoms with Gasteiger partial charge in [-0.25, -0.2) is 9.59 Å². The van der Waals surface area contributed by atoms with E-state index >= 15 is 0 Å². The molecule has 1 aromatic carbocycles. The van der Waals surface area contributed by atoms with Crippen LogP contribution in [-0.2, 0) is 16.1 Å². The molecule has 0 fully saturated rings. The SMILES string of the molecule is CCCC(C)C(C(=O)O)N(C)C(=O)OCc1ccccc1. The Morgan fingerprint density at radius 2 is 1.90 bits per heavy atom. The first-order valence-electron chi connectivity index (χ1n) is 7.13. The van der Waals surface area contributed by atoms with Gasteiger partial charge in [0.25, 0.3) is 0 Å². The zero-order valence-electron chi connectivity index (χ0n) is 12.8. The molecule has 2 unspecified atom stereocenters. The molecule has 5 heteroatoms. The third kappa shape index (κ3) is 5.10. The highest BCUT2D eigenvalue weighted by atomic mass is 16.6. The molecule has 5 nitrogen and oxygen atoms in total. The van der Waals surface area contributed by atoms with Crippen molar-refractivity contribution in [1.29, 1.82) is 0 Å². The van der Waals surface area contributed by atoms with Crippen molar-refractivity contribution in [2.24, 2.45) is 5.92 Å². The molecule has 0 radical (unpaired) electrons. The molecule has 1 amide bonds. The summed E-state index contributed by atoms with van der Waals surface area (Å²) in [6.45, 7) is 3.96. The minimum absolute atomic E-state index is 0.123.